The maximum Gasteiger partial charge on any atom is 0.328 e. The molecule has 0 spiro atoms. The Morgan fingerprint density at radius 1 is 1.64 bits per heavy atom. The molecule has 1 rings (SSSR count). The van der Waals surface area contributed by atoms with Gasteiger partial charge in [-0.1, -0.05) is 0 Å². The zero-order chi connectivity index (χ0) is 10.7. The molecule has 1 heterocycles. The number of carbonyl (C=O) groups is 2. The van der Waals surface area contributed by atoms with E-state index in [2.05, 4.69) is 0 Å². The first kappa shape index (κ1) is 10.9. The summed E-state index contributed by atoms with van der Waals surface area (Å²) in [6.07, 6.45) is 0. The van der Waals surface area contributed by atoms with E-state index in [1.165, 1.54) is 11.8 Å². The maximum atomic E-state index is 11.5. The molecule has 2 atom stereocenters. The number of carboxylic acid groups (broad SMARTS) is 1. The van der Waals surface area contributed by atoms with Gasteiger partial charge in [-0.3, -0.25) is 4.79 Å². The molecular weight excluding hydrogens is 188 g/mol. The SMILES string of the molecule is C[C@@H](N)C(=O)N1CCOCC1C(=O)O. The van der Waals surface area contributed by atoms with E-state index in [1.807, 2.05) is 0 Å². The van der Waals surface area contributed by atoms with Crippen molar-refractivity contribution < 1.29 is 19.4 Å². The first-order valence-electron chi connectivity index (χ1n) is 4.40. The van der Waals surface area contributed by atoms with Gasteiger partial charge < -0.3 is 20.5 Å². The molecule has 80 valence electrons. The molecule has 6 nitrogen and oxygen atoms in total. The summed E-state index contributed by atoms with van der Waals surface area (Å²) in [5.74, 6) is -1.40. The molecule has 0 aromatic carbocycles. The number of aliphatic carboxylic acids is 1. The summed E-state index contributed by atoms with van der Waals surface area (Å²) in [5, 5.41) is 8.82. The van der Waals surface area contributed by atoms with Crippen LogP contribution >= 0.6 is 0 Å². The Morgan fingerprint density at radius 2 is 2.29 bits per heavy atom. The van der Waals surface area contributed by atoms with Crippen LogP contribution in [0, 0.1) is 0 Å². The first-order valence-corrected chi connectivity index (χ1v) is 4.40. The summed E-state index contributed by atoms with van der Waals surface area (Å²) >= 11 is 0. The van der Waals surface area contributed by atoms with E-state index >= 15 is 0 Å². The van der Waals surface area contributed by atoms with Crippen LogP contribution in [-0.4, -0.2) is 53.7 Å². The number of nitrogens with two attached hydrogens (primary N) is 1. The van der Waals surface area contributed by atoms with Gasteiger partial charge in [-0.15, -0.1) is 0 Å². The fourth-order valence-electron chi connectivity index (χ4n) is 1.33. The Morgan fingerprint density at radius 3 is 2.79 bits per heavy atom. The molecule has 0 bridgehead atoms. The molecule has 14 heavy (non-hydrogen) atoms. The summed E-state index contributed by atoms with van der Waals surface area (Å²) in [7, 11) is 0. The van der Waals surface area contributed by atoms with Crippen molar-refractivity contribution in [3.8, 4) is 0 Å². The minimum Gasteiger partial charge on any atom is -0.480 e. The van der Waals surface area contributed by atoms with E-state index in [0.29, 0.717) is 6.61 Å². The highest BCUT2D eigenvalue weighted by molar-refractivity contribution is 5.86. The van der Waals surface area contributed by atoms with Crippen LogP contribution < -0.4 is 5.73 Å². The predicted molar refractivity (Wildman–Crippen MR) is 47.6 cm³/mol. The fourth-order valence-corrected chi connectivity index (χ4v) is 1.33. The van der Waals surface area contributed by atoms with Gasteiger partial charge in [-0.25, -0.2) is 4.79 Å². The number of carboxylic acids is 1. The average molecular weight is 202 g/mol. The minimum atomic E-state index is -1.06. The molecule has 3 N–H and O–H groups in total. The first-order chi connectivity index (χ1) is 6.54. The predicted octanol–water partition coefficient (Wildman–Crippen LogP) is -1.35. The zero-order valence-electron chi connectivity index (χ0n) is 7.97. The molecule has 0 saturated carbocycles. The lowest BCUT2D eigenvalue weighted by Crippen LogP contribution is -2.56. The van der Waals surface area contributed by atoms with Crippen LogP contribution in [0.4, 0.5) is 0 Å². The molecule has 0 aromatic heterocycles. The minimum absolute atomic E-state index is 0.0355. The number of hydrogen-bond donors (Lipinski definition) is 2. The topological polar surface area (TPSA) is 92.9 Å². The van der Waals surface area contributed by atoms with Crippen molar-refractivity contribution in [3.05, 3.63) is 0 Å². The van der Waals surface area contributed by atoms with Gasteiger partial charge in [0.2, 0.25) is 5.91 Å². The molecule has 1 amide bonds. The second-order valence-electron chi connectivity index (χ2n) is 3.25. The molecule has 0 aromatic rings. The number of rotatable bonds is 2. The van der Waals surface area contributed by atoms with Crippen LogP contribution in [0.1, 0.15) is 6.92 Å². The number of carbonyl (C=O) groups excluding carboxylic acids is 1. The van der Waals surface area contributed by atoms with E-state index in [-0.39, 0.29) is 19.1 Å². The number of nitrogens with zero attached hydrogens (tertiary/aromatic N) is 1. The molecule has 1 aliphatic heterocycles. The van der Waals surface area contributed by atoms with Crippen LogP contribution in [0.15, 0.2) is 0 Å². The maximum absolute atomic E-state index is 11.5. The largest absolute Gasteiger partial charge is 0.480 e. The van der Waals surface area contributed by atoms with Crippen molar-refractivity contribution >= 4 is 11.9 Å². The van der Waals surface area contributed by atoms with Gasteiger partial charge in [0.1, 0.15) is 0 Å². The van der Waals surface area contributed by atoms with Crippen LogP contribution in [0.2, 0.25) is 0 Å². The lowest BCUT2D eigenvalue weighted by atomic mass is 10.2. The molecule has 1 saturated heterocycles. The highest BCUT2D eigenvalue weighted by atomic mass is 16.5. The summed E-state index contributed by atoms with van der Waals surface area (Å²) in [6.45, 7) is 2.23. The highest BCUT2D eigenvalue weighted by Crippen LogP contribution is 2.08. The summed E-state index contributed by atoms with van der Waals surface area (Å²) in [6, 6.07) is -1.57. The van der Waals surface area contributed by atoms with E-state index < -0.39 is 18.1 Å². The molecular formula is C8H14N2O4. The second-order valence-corrected chi connectivity index (χ2v) is 3.25. The lowest BCUT2D eigenvalue weighted by Gasteiger charge is -2.33. The van der Waals surface area contributed by atoms with Crippen molar-refractivity contribution in [1.82, 2.24) is 4.90 Å². The van der Waals surface area contributed by atoms with Gasteiger partial charge in [-0.05, 0) is 6.92 Å². The summed E-state index contributed by atoms with van der Waals surface area (Å²) < 4.78 is 4.99. The smallest absolute Gasteiger partial charge is 0.328 e. The highest BCUT2D eigenvalue weighted by Gasteiger charge is 2.33. The Balaban J connectivity index is 2.72. The van der Waals surface area contributed by atoms with E-state index in [9.17, 15) is 9.59 Å². The number of amides is 1. The molecule has 6 heteroatoms. The summed E-state index contributed by atoms with van der Waals surface area (Å²) in [5.41, 5.74) is 5.40. The van der Waals surface area contributed by atoms with Gasteiger partial charge in [0, 0.05) is 6.54 Å². The Bertz CT molecular complexity index is 241. The third-order valence-corrected chi connectivity index (χ3v) is 2.09. The molecule has 0 radical (unpaired) electrons. The van der Waals surface area contributed by atoms with E-state index in [1.54, 1.807) is 0 Å². The molecule has 1 aliphatic rings. The van der Waals surface area contributed by atoms with Gasteiger partial charge >= 0.3 is 5.97 Å². The van der Waals surface area contributed by atoms with Crippen molar-refractivity contribution in [1.29, 1.82) is 0 Å². The van der Waals surface area contributed by atoms with Crippen LogP contribution in [-0.2, 0) is 14.3 Å². The number of ether oxygens (including phenoxy) is 1. The fraction of sp³-hybridized carbons (Fsp3) is 0.750. The lowest BCUT2D eigenvalue weighted by molar-refractivity contribution is -0.158. The molecule has 0 aliphatic carbocycles. The monoisotopic (exact) mass is 202 g/mol. The van der Waals surface area contributed by atoms with Crippen molar-refractivity contribution in [2.75, 3.05) is 19.8 Å². The third-order valence-electron chi connectivity index (χ3n) is 2.09. The Kier molecular flexibility index (Phi) is 3.43. The van der Waals surface area contributed by atoms with Crippen molar-refractivity contribution in [2.45, 2.75) is 19.0 Å². The zero-order valence-corrected chi connectivity index (χ0v) is 7.97. The quantitative estimate of drug-likeness (QED) is 0.577. The molecule has 1 fully saturated rings. The van der Waals surface area contributed by atoms with E-state index in [4.69, 9.17) is 15.6 Å². The standard InChI is InChI=1S/C8H14N2O4/c1-5(9)7(11)10-2-3-14-4-6(10)8(12)13/h5-6H,2-4,9H2,1H3,(H,12,13)/t5-,6?/m1/s1. The van der Waals surface area contributed by atoms with Crippen LogP contribution in [0.5, 0.6) is 0 Å². The second kappa shape index (κ2) is 4.39. The molecule has 1 unspecified atom stereocenters. The number of hydrogen-bond acceptors (Lipinski definition) is 4. The Hall–Kier alpha value is -1.14. The Labute approximate surface area is 81.6 Å². The van der Waals surface area contributed by atoms with Gasteiger partial charge in [0.15, 0.2) is 6.04 Å². The third kappa shape index (κ3) is 2.21. The van der Waals surface area contributed by atoms with Gasteiger partial charge in [0.25, 0.3) is 0 Å². The average Bonchev–Trinajstić information content (AvgIpc) is 2.16. The van der Waals surface area contributed by atoms with Crippen molar-refractivity contribution in [2.24, 2.45) is 5.73 Å². The summed E-state index contributed by atoms with van der Waals surface area (Å²) in [4.78, 5) is 23.5. The van der Waals surface area contributed by atoms with Crippen LogP contribution in [0.3, 0.4) is 0 Å². The van der Waals surface area contributed by atoms with Crippen molar-refractivity contribution in [3.63, 3.8) is 0 Å². The number of morpholine rings is 1. The normalized spacial score (nSPS) is 24.4. The van der Waals surface area contributed by atoms with Gasteiger partial charge in [-0.2, -0.15) is 0 Å². The van der Waals surface area contributed by atoms with Crippen LogP contribution in [0.25, 0.3) is 0 Å². The van der Waals surface area contributed by atoms with Gasteiger partial charge in [0.05, 0.1) is 19.3 Å². The van der Waals surface area contributed by atoms with E-state index in [0.717, 1.165) is 0 Å².